The number of halogens is 1. The van der Waals surface area contributed by atoms with Gasteiger partial charge in [-0.2, -0.15) is 0 Å². The summed E-state index contributed by atoms with van der Waals surface area (Å²) >= 11 is 0. The molecule has 0 saturated carbocycles. The van der Waals surface area contributed by atoms with E-state index in [4.69, 9.17) is 33.7 Å². The summed E-state index contributed by atoms with van der Waals surface area (Å²) in [5.41, 5.74) is 5.26. The van der Waals surface area contributed by atoms with Gasteiger partial charge in [0.15, 0.2) is 15.6 Å². The molecule has 0 aliphatic carbocycles. The van der Waals surface area contributed by atoms with Crippen LogP contribution in [0, 0.1) is 0 Å². The summed E-state index contributed by atoms with van der Waals surface area (Å²) in [5, 5.41) is 36.1. The van der Waals surface area contributed by atoms with Gasteiger partial charge in [0.2, 0.25) is 0 Å². The van der Waals surface area contributed by atoms with Crippen molar-refractivity contribution < 1.29 is 89.5 Å². The van der Waals surface area contributed by atoms with Gasteiger partial charge >= 0.3 is 51.4 Å². The Morgan fingerprint density at radius 2 is 1.67 bits per heavy atom. The first-order valence-corrected chi connectivity index (χ1v) is 6.53. The first-order valence-electron chi connectivity index (χ1n) is 4.29. The van der Waals surface area contributed by atoms with Crippen molar-refractivity contribution in [3.8, 4) is 0 Å². The zero-order valence-corrected chi connectivity index (χ0v) is 14.1. The third-order valence-electron chi connectivity index (χ3n) is 1.95. The Kier molecular flexibility index (Phi) is 11.6. The molecule has 1 aliphatic rings. The van der Waals surface area contributed by atoms with Crippen LogP contribution in [0.3, 0.4) is 0 Å². The number of nitrogens with two attached hydrogens (primary N) is 1. The zero-order chi connectivity index (χ0) is 13.8. The van der Waals surface area contributed by atoms with Gasteiger partial charge in [-0.15, -0.1) is 0 Å². The molecule has 1 aliphatic heterocycles. The molecule has 104 valence electrons. The smallest absolute Gasteiger partial charge is 0.735 e. The van der Waals surface area contributed by atoms with Gasteiger partial charge in [0.25, 0.3) is 0 Å². The maximum absolute atomic E-state index is 9.20. The molecule has 1 fully saturated rings. The minimum atomic E-state index is -4.44. The molecular weight excluding hydrogens is 321 g/mol. The van der Waals surface area contributed by atoms with Crippen molar-refractivity contribution in [3.63, 3.8) is 0 Å². The molecule has 9 nitrogen and oxygen atoms in total. The predicted octanol–water partition coefficient (Wildman–Crippen LogP) is -6.57. The van der Waals surface area contributed by atoms with Crippen molar-refractivity contribution in [2.45, 2.75) is 30.6 Å². The second-order valence-corrected chi connectivity index (χ2v) is 5.12. The van der Waals surface area contributed by atoms with Crippen LogP contribution >= 0.6 is 10.7 Å². The predicted molar refractivity (Wildman–Crippen MR) is 53.5 cm³/mol. The third kappa shape index (κ3) is 8.70. The summed E-state index contributed by atoms with van der Waals surface area (Å²) in [4.78, 5) is 0. The average Bonchev–Trinajstić information content (AvgIpc) is 2.18. The molecule has 0 spiro atoms. The topological polar surface area (TPSA) is 173 Å². The van der Waals surface area contributed by atoms with E-state index in [0.717, 1.165) is 0 Å². The van der Waals surface area contributed by atoms with Crippen LogP contribution in [0.5, 0.6) is 0 Å². The van der Waals surface area contributed by atoms with E-state index < -0.39 is 46.6 Å². The van der Waals surface area contributed by atoms with Crippen molar-refractivity contribution in [1.82, 2.24) is 0 Å². The molecule has 5 atom stereocenters. The molecule has 1 rings (SSSR count). The van der Waals surface area contributed by atoms with Crippen LogP contribution in [0.2, 0.25) is 0 Å². The fraction of sp³-hybridized carbons (Fsp3) is 1.00. The Morgan fingerprint density at radius 3 is 2.00 bits per heavy atom. The molecule has 18 heavy (non-hydrogen) atoms. The van der Waals surface area contributed by atoms with E-state index in [2.05, 4.69) is 10.7 Å². The maximum Gasteiger partial charge on any atom is 1.00 e. The van der Waals surface area contributed by atoms with Gasteiger partial charge in [-0.1, -0.05) is 0 Å². The molecule has 0 unspecified atom stereocenters. The number of hydrogen-bond acceptors (Lipinski definition) is 9. The normalized spacial score (nSPS) is 36.1. The van der Waals surface area contributed by atoms with Gasteiger partial charge in [0, 0.05) is 10.7 Å². The van der Waals surface area contributed by atoms with Gasteiger partial charge in [-0.3, -0.25) is 0 Å². The molecule has 0 bridgehead atoms. The third-order valence-corrected chi connectivity index (χ3v) is 1.95. The van der Waals surface area contributed by atoms with Crippen molar-refractivity contribution in [2.24, 2.45) is 5.73 Å². The fourth-order valence-electron chi connectivity index (χ4n) is 1.12. The summed E-state index contributed by atoms with van der Waals surface area (Å²) in [6.07, 6.45) is -4.85. The summed E-state index contributed by atoms with van der Waals surface area (Å²) in [6, 6.07) is -1.04. The monoisotopic (exact) mass is 333 g/mol. The second-order valence-electron chi connectivity index (χ2n) is 3.20. The van der Waals surface area contributed by atoms with Crippen LogP contribution in [-0.4, -0.2) is 70.6 Å². The fourth-order valence-corrected chi connectivity index (χ4v) is 1.12. The Bertz CT molecular complexity index is 317. The standard InChI is InChI=1S/C6H13NO5.ClHO3S.K/c7-3-5(10)4(9)2(1-8)12-6(3)11;1-5(2,3)4;/h2-6,8-11H,1,7H2;(H,2,3,4);/q;;+1/p-1/t2-,3-,4-,5-,6-;;/m1../s1. The van der Waals surface area contributed by atoms with Crippen molar-refractivity contribution in [1.29, 1.82) is 0 Å². The Hall–Kier alpha value is 1.60. The van der Waals surface area contributed by atoms with Crippen molar-refractivity contribution >= 4 is 20.0 Å². The van der Waals surface area contributed by atoms with Gasteiger partial charge in [-0.25, -0.2) is 8.42 Å². The largest absolute Gasteiger partial charge is 1.00 e. The number of aliphatic hydroxyl groups is 4. The Labute approximate surface area is 151 Å². The van der Waals surface area contributed by atoms with E-state index in [0.29, 0.717) is 0 Å². The van der Waals surface area contributed by atoms with Crippen molar-refractivity contribution in [3.05, 3.63) is 0 Å². The van der Waals surface area contributed by atoms with Gasteiger partial charge < -0.3 is 35.4 Å². The van der Waals surface area contributed by atoms with Crippen LogP contribution in [0.25, 0.3) is 0 Å². The molecule has 0 radical (unpaired) electrons. The van der Waals surface area contributed by atoms with Crippen LogP contribution in [0.15, 0.2) is 0 Å². The van der Waals surface area contributed by atoms with Gasteiger partial charge in [0.05, 0.1) is 12.6 Å². The number of rotatable bonds is 1. The molecule has 1 heterocycles. The van der Waals surface area contributed by atoms with Crippen molar-refractivity contribution in [2.75, 3.05) is 6.61 Å². The molecule has 0 aromatic carbocycles. The van der Waals surface area contributed by atoms with E-state index in [1.165, 1.54) is 0 Å². The molecular formula is C6H13ClKNO8S. The molecule has 0 amide bonds. The molecule has 1 saturated heterocycles. The molecule has 0 aromatic rings. The summed E-state index contributed by atoms with van der Waals surface area (Å²) < 4.78 is 31.2. The average molecular weight is 334 g/mol. The minimum absolute atomic E-state index is 0. The van der Waals surface area contributed by atoms with E-state index >= 15 is 0 Å². The van der Waals surface area contributed by atoms with Crippen LogP contribution in [0.4, 0.5) is 0 Å². The maximum atomic E-state index is 9.20. The van der Waals surface area contributed by atoms with Gasteiger partial charge in [0.1, 0.15) is 18.3 Å². The van der Waals surface area contributed by atoms with E-state index in [1.54, 1.807) is 0 Å². The minimum Gasteiger partial charge on any atom is -0.735 e. The molecule has 0 aromatic heterocycles. The van der Waals surface area contributed by atoms with Crippen LogP contribution in [-0.2, 0) is 14.1 Å². The summed E-state index contributed by atoms with van der Waals surface area (Å²) in [6.45, 7) is -0.470. The zero-order valence-electron chi connectivity index (χ0n) is 9.38. The van der Waals surface area contributed by atoms with E-state index in [-0.39, 0.29) is 51.4 Å². The summed E-state index contributed by atoms with van der Waals surface area (Å²) in [5.74, 6) is 0. The number of ether oxygens (including phenoxy) is 1. The number of hydrogen-bond donors (Lipinski definition) is 5. The van der Waals surface area contributed by atoms with E-state index in [1.807, 2.05) is 0 Å². The Balaban J connectivity index is 0. The Morgan fingerprint density at radius 1 is 1.28 bits per heavy atom. The second kappa shape index (κ2) is 9.52. The SMILES string of the molecule is N[C@@H]1[C@@H](O)[C@H](O)[C@@H](CO)O[C@H]1O.O=S(=O)([O-])Cl.[K+]. The quantitative estimate of drug-likeness (QED) is 0.177. The van der Waals surface area contributed by atoms with Crippen LogP contribution in [0.1, 0.15) is 0 Å². The first-order chi connectivity index (χ1) is 7.57. The number of aliphatic hydroxyl groups excluding tert-OH is 4. The van der Waals surface area contributed by atoms with E-state index in [9.17, 15) is 10.2 Å². The molecule has 6 N–H and O–H groups in total. The molecule has 12 heteroatoms. The van der Waals surface area contributed by atoms with Crippen LogP contribution < -0.4 is 57.1 Å². The summed E-state index contributed by atoms with van der Waals surface area (Å²) in [7, 11) is -0.498. The van der Waals surface area contributed by atoms with Gasteiger partial charge in [-0.05, 0) is 0 Å². The first kappa shape index (κ1) is 21.9.